The van der Waals surface area contributed by atoms with E-state index in [1.54, 1.807) is 0 Å². The Morgan fingerprint density at radius 1 is 0.923 bits per heavy atom. The molecule has 0 amide bonds. The molecular formula is C22H20ClN3. The van der Waals surface area contributed by atoms with Crippen molar-refractivity contribution in [1.29, 1.82) is 0 Å². The number of hydrogen-bond donors (Lipinski definition) is 0. The van der Waals surface area contributed by atoms with E-state index in [9.17, 15) is 0 Å². The molecule has 0 bridgehead atoms. The number of rotatable bonds is 4. The predicted octanol–water partition coefficient (Wildman–Crippen LogP) is 5.87. The summed E-state index contributed by atoms with van der Waals surface area (Å²) < 4.78 is 2.00. The van der Waals surface area contributed by atoms with Crippen LogP contribution in [-0.4, -0.2) is 14.8 Å². The van der Waals surface area contributed by atoms with Crippen molar-refractivity contribution in [3.8, 4) is 17.1 Å². The van der Waals surface area contributed by atoms with Crippen molar-refractivity contribution < 1.29 is 0 Å². The number of halogens is 1. The van der Waals surface area contributed by atoms with Gasteiger partial charge in [-0.15, -0.1) is 0 Å². The average Bonchev–Trinajstić information content (AvgIpc) is 3.11. The van der Waals surface area contributed by atoms with E-state index in [1.807, 2.05) is 35.0 Å². The molecule has 130 valence electrons. The van der Waals surface area contributed by atoms with Crippen LogP contribution in [0.4, 0.5) is 0 Å². The van der Waals surface area contributed by atoms with E-state index < -0.39 is 0 Å². The molecule has 2 heterocycles. The third kappa shape index (κ3) is 2.99. The maximum atomic E-state index is 6.05. The van der Waals surface area contributed by atoms with Crippen molar-refractivity contribution in [2.75, 3.05) is 0 Å². The molecule has 0 atom stereocenters. The second-order valence-electron chi connectivity index (χ2n) is 6.31. The Morgan fingerprint density at radius 3 is 2.42 bits per heavy atom. The molecule has 0 aliphatic rings. The van der Waals surface area contributed by atoms with Gasteiger partial charge in [0.25, 0.3) is 0 Å². The van der Waals surface area contributed by atoms with Crippen LogP contribution in [0.5, 0.6) is 0 Å². The van der Waals surface area contributed by atoms with Gasteiger partial charge in [0.15, 0.2) is 5.82 Å². The molecule has 0 radical (unpaired) electrons. The number of benzene rings is 2. The molecule has 4 aromatic rings. The number of nitrogens with zero attached hydrogens (tertiary/aromatic N) is 3. The molecule has 4 heteroatoms. The highest BCUT2D eigenvalue weighted by atomic mass is 35.5. The monoisotopic (exact) mass is 361 g/mol. The Morgan fingerprint density at radius 2 is 1.69 bits per heavy atom. The summed E-state index contributed by atoms with van der Waals surface area (Å²) in [6.07, 6.45) is 1.82. The summed E-state index contributed by atoms with van der Waals surface area (Å²) in [7, 11) is 0. The van der Waals surface area contributed by atoms with E-state index in [1.165, 1.54) is 5.69 Å². The lowest BCUT2D eigenvalue weighted by Gasteiger charge is -2.12. The molecule has 0 saturated heterocycles. The fourth-order valence-corrected chi connectivity index (χ4v) is 3.32. The first-order valence-corrected chi connectivity index (χ1v) is 9.31. The van der Waals surface area contributed by atoms with Crippen LogP contribution in [0.1, 0.15) is 25.2 Å². The van der Waals surface area contributed by atoms with Gasteiger partial charge in [-0.05, 0) is 42.5 Å². The Labute approximate surface area is 158 Å². The van der Waals surface area contributed by atoms with E-state index in [-0.39, 0.29) is 0 Å². The average molecular weight is 362 g/mol. The highest BCUT2D eigenvalue weighted by Crippen LogP contribution is 2.28. The minimum absolute atomic E-state index is 0.725. The van der Waals surface area contributed by atoms with Gasteiger partial charge in [0, 0.05) is 21.7 Å². The highest BCUT2D eigenvalue weighted by Gasteiger charge is 2.14. The van der Waals surface area contributed by atoms with Gasteiger partial charge in [-0.25, -0.2) is 9.67 Å². The third-order valence-corrected chi connectivity index (χ3v) is 4.87. The smallest absolute Gasteiger partial charge is 0.162 e. The molecule has 0 fully saturated rings. The standard InChI is InChI=1S/C22H20ClN3/c1-3-18-14-19(4-2)26(25-18)22-20-8-6-5-7-16(20)13-21(24-22)15-9-11-17(23)12-10-15/h5-14H,3-4H2,1-2H3. The van der Waals surface area contributed by atoms with Crippen LogP contribution < -0.4 is 0 Å². The summed E-state index contributed by atoms with van der Waals surface area (Å²) in [6.45, 7) is 4.28. The number of hydrogen-bond acceptors (Lipinski definition) is 2. The molecule has 0 unspecified atom stereocenters. The SMILES string of the molecule is CCc1cc(CC)n(-c2nc(-c3ccc(Cl)cc3)cc3ccccc23)n1. The summed E-state index contributed by atoms with van der Waals surface area (Å²) in [5.41, 5.74) is 4.23. The van der Waals surface area contributed by atoms with Crippen molar-refractivity contribution in [2.45, 2.75) is 26.7 Å². The molecule has 0 aliphatic heterocycles. The van der Waals surface area contributed by atoms with Gasteiger partial charge < -0.3 is 0 Å². The minimum Gasteiger partial charge on any atom is -0.228 e. The summed E-state index contributed by atoms with van der Waals surface area (Å²) in [5, 5.41) is 7.78. The van der Waals surface area contributed by atoms with E-state index in [0.29, 0.717) is 0 Å². The summed E-state index contributed by atoms with van der Waals surface area (Å²) in [5.74, 6) is 0.879. The van der Waals surface area contributed by atoms with Gasteiger partial charge in [-0.2, -0.15) is 5.10 Å². The van der Waals surface area contributed by atoms with Gasteiger partial charge >= 0.3 is 0 Å². The Kier molecular flexibility index (Phi) is 4.48. The van der Waals surface area contributed by atoms with Gasteiger partial charge in [-0.3, -0.25) is 0 Å². The number of aromatic nitrogens is 3. The van der Waals surface area contributed by atoms with Crippen LogP contribution in [0.25, 0.3) is 27.8 Å². The highest BCUT2D eigenvalue weighted by molar-refractivity contribution is 6.30. The zero-order chi connectivity index (χ0) is 18.1. The second-order valence-corrected chi connectivity index (χ2v) is 6.74. The van der Waals surface area contributed by atoms with Gasteiger partial charge in [0.2, 0.25) is 0 Å². The molecule has 0 aliphatic carbocycles. The van der Waals surface area contributed by atoms with Crippen molar-refractivity contribution in [2.24, 2.45) is 0 Å². The molecule has 4 rings (SSSR count). The van der Waals surface area contributed by atoms with Crippen molar-refractivity contribution in [1.82, 2.24) is 14.8 Å². The lowest BCUT2D eigenvalue weighted by Crippen LogP contribution is -2.06. The summed E-state index contributed by atoms with van der Waals surface area (Å²) in [4.78, 5) is 4.98. The largest absolute Gasteiger partial charge is 0.228 e. The molecule has 0 saturated carbocycles. The van der Waals surface area contributed by atoms with Crippen molar-refractivity contribution in [3.05, 3.63) is 77.1 Å². The number of pyridine rings is 1. The van der Waals surface area contributed by atoms with E-state index >= 15 is 0 Å². The predicted molar refractivity (Wildman–Crippen MR) is 108 cm³/mol. The molecule has 2 aromatic carbocycles. The Hall–Kier alpha value is -2.65. The van der Waals surface area contributed by atoms with Crippen LogP contribution in [0.2, 0.25) is 5.02 Å². The first kappa shape index (κ1) is 16.8. The van der Waals surface area contributed by atoms with Gasteiger partial charge in [0.1, 0.15) is 0 Å². The summed E-state index contributed by atoms with van der Waals surface area (Å²) >= 11 is 6.05. The molecule has 3 nitrogen and oxygen atoms in total. The molecule has 0 N–H and O–H groups in total. The second kappa shape index (κ2) is 6.93. The first-order valence-electron chi connectivity index (χ1n) is 8.93. The van der Waals surface area contributed by atoms with Crippen molar-refractivity contribution in [3.63, 3.8) is 0 Å². The maximum absolute atomic E-state index is 6.05. The van der Waals surface area contributed by atoms with Crippen LogP contribution in [-0.2, 0) is 12.8 Å². The fourth-order valence-electron chi connectivity index (χ4n) is 3.19. The number of aryl methyl sites for hydroxylation is 2. The lowest BCUT2D eigenvalue weighted by atomic mass is 10.1. The Bertz CT molecular complexity index is 1060. The maximum Gasteiger partial charge on any atom is 0.162 e. The molecular weight excluding hydrogens is 342 g/mol. The molecule has 0 spiro atoms. The summed E-state index contributed by atoms with van der Waals surface area (Å²) in [6, 6.07) is 20.4. The third-order valence-electron chi connectivity index (χ3n) is 4.62. The van der Waals surface area contributed by atoms with E-state index in [0.717, 1.165) is 51.4 Å². The van der Waals surface area contributed by atoms with Crippen LogP contribution in [0, 0.1) is 0 Å². The molecule has 26 heavy (non-hydrogen) atoms. The van der Waals surface area contributed by atoms with Crippen LogP contribution in [0.3, 0.4) is 0 Å². The van der Waals surface area contributed by atoms with E-state index in [4.69, 9.17) is 21.7 Å². The van der Waals surface area contributed by atoms with Gasteiger partial charge in [-0.1, -0.05) is 61.8 Å². The molecule has 2 aromatic heterocycles. The zero-order valence-corrected chi connectivity index (χ0v) is 15.7. The topological polar surface area (TPSA) is 30.7 Å². The quantitative estimate of drug-likeness (QED) is 0.455. The zero-order valence-electron chi connectivity index (χ0n) is 14.9. The van der Waals surface area contributed by atoms with Crippen LogP contribution >= 0.6 is 11.6 Å². The van der Waals surface area contributed by atoms with Gasteiger partial charge in [0.05, 0.1) is 11.4 Å². The normalized spacial score (nSPS) is 11.2. The fraction of sp³-hybridized carbons (Fsp3) is 0.182. The van der Waals surface area contributed by atoms with E-state index in [2.05, 4.69) is 44.2 Å². The Balaban J connectivity index is 1.99. The van der Waals surface area contributed by atoms with Crippen LogP contribution in [0.15, 0.2) is 60.7 Å². The van der Waals surface area contributed by atoms with Crippen molar-refractivity contribution >= 4 is 22.4 Å². The minimum atomic E-state index is 0.725. The number of fused-ring (bicyclic) bond motifs is 1. The first-order chi connectivity index (χ1) is 12.7. The lowest BCUT2D eigenvalue weighted by molar-refractivity contribution is 0.779.